The van der Waals surface area contributed by atoms with E-state index in [2.05, 4.69) is 0 Å². The second-order valence-electron chi connectivity index (χ2n) is 21.3. The summed E-state index contributed by atoms with van der Waals surface area (Å²) in [5.74, 6) is 0.529. The first kappa shape index (κ1) is 52.6. The quantitative estimate of drug-likeness (QED) is 0.146. The first-order valence-corrected chi connectivity index (χ1v) is 25.8. The number of hydrogen-bond donors (Lipinski definition) is 0. The van der Waals surface area contributed by atoms with Crippen LogP contribution in [0.1, 0.15) is 146 Å². The minimum absolute atomic E-state index is 0.232. The third-order valence-corrected chi connectivity index (χ3v) is 13.8. The summed E-state index contributed by atoms with van der Waals surface area (Å²) < 4.78 is 61.9. The standard InChI is InChI=1S/C53H76N4O14/c1-52(2,3)70-50(60)56-38-22-20-34(62-7)32-36(38)46(58)54-26-24-40(44(54)48(56)68-42-18-12-16-30-66-42)64-28-14-10-9-11-15-29-65-41-25-27-55-45(41)49(69-43-19-13-17-31-67-43)57(51(61)71-53(4,5)6)39-23-21-35(63-8)33-37(39)47(55)59/h20-23,32-33,40-45,48-49H,9-19,24-31H2,1-8H3/t40?,41?,42?,43?,44-,45-,48-,49-/m0/s1. The molecule has 0 radical (unpaired) electrons. The Balaban J connectivity index is 0.899. The number of carbonyl (C=O) groups is 4. The van der Waals surface area contributed by atoms with Crippen molar-refractivity contribution in [3.8, 4) is 11.5 Å². The van der Waals surface area contributed by atoms with Crippen LogP contribution in [0.3, 0.4) is 0 Å². The summed E-state index contributed by atoms with van der Waals surface area (Å²) >= 11 is 0. The van der Waals surface area contributed by atoms with Gasteiger partial charge in [-0.2, -0.15) is 0 Å². The van der Waals surface area contributed by atoms with Gasteiger partial charge in [0.1, 0.15) is 34.8 Å². The molecule has 6 heterocycles. The van der Waals surface area contributed by atoms with Gasteiger partial charge in [-0.05, 0) is 142 Å². The van der Waals surface area contributed by atoms with E-state index in [1.165, 1.54) is 9.80 Å². The van der Waals surface area contributed by atoms with E-state index in [0.717, 1.165) is 57.8 Å². The predicted octanol–water partition coefficient (Wildman–Crippen LogP) is 8.80. The van der Waals surface area contributed by atoms with E-state index in [9.17, 15) is 19.2 Å². The number of rotatable bonds is 16. The minimum atomic E-state index is -0.941. The van der Waals surface area contributed by atoms with Gasteiger partial charge in [0.15, 0.2) is 25.0 Å². The third kappa shape index (κ3) is 12.4. The van der Waals surface area contributed by atoms with Crippen LogP contribution < -0.4 is 19.3 Å². The molecule has 4 fully saturated rings. The minimum Gasteiger partial charge on any atom is -0.497 e. The summed E-state index contributed by atoms with van der Waals surface area (Å²) in [5, 5.41) is 0. The summed E-state index contributed by atoms with van der Waals surface area (Å²) in [5.41, 5.74) is -0.214. The fourth-order valence-electron chi connectivity index (χ4n) is 10.5. The Labute approximate surface area is 418 Å². The van der Waals surface area contributed by atoms with Gasteiger partial charge in [0, 0.05) is 39.5 Å². The van der Waals surface area contributed by atoms with Gasteiger partial charge < -0.3 is 57.2 Å². The number of ether oxygens (including phenoxy) is 10. The first-order chi connectivity index (χ1) is 34.0. The molecule has 4 amide bonds. The molecule has 6 aliphatic heterocycles. The number of amides is 4. The third-order valence-electron chi connectivity index (χ3n) is 13.8. The van der Waals surface area contributed by atoms with Crippen LogP contribution in [0.4, 0.5) is 21.0 Å². The van der Waals surface area contributed by atoms with E-state index in [1.807, 2.05) is 41.5 Å². The second kappa shape index (κ2) is 23.0. The van der Waals surface area contributed by atoms with Gasteiger partial charge in [-0.1, -0.05) is 19.3 Å². The highest BCUT2D eigenvalue weighted by Gasteiger charge is 2.54. The Morgan fingerprint density at radius 1 is 0.577 bits per heavy atom. The van der Waals surface area contributed by atoms with Gasteiger partial charge in [-0.25, -0.2) is 19.4 Å². The molecule has 8 atom stereocenters. The molecule has 18 heteroatoms. The molecule has 8 rings (SSSR count). The lowest BCUT2D eigenvalue weighted by molar-refractivity contribution is -0.202. The van der Waals surface area contributed by atoms with Crippen molar-refractivity contribution in [3.05, 3.63) is 47.5 Å². The predicted molar refractivity (Wildman–Crippen MR) is 262 cm³/mol. The molecular weight excluding hydrogens is 917 g/mol. The normalized spacial score (nSPS) is 26.8. The molecule has 4 saturated heterocycles. The number of methoxy groups -OCH3 is 2. The van der Waals surface area contributed by atoms with E-state index in [4.69, 9.17) is 47.4 Å². The zero-order valence-electron chi connectivity index (χ0n) is 43.0. The fourth-order valence-corrected chi connectivity index (χ4v) is 10.5. The van der Waals surface area contributed by atoms with E-state index >= 15 is 0 Å². The number of anilines is 2. The fraction of sp³-hybridized carbons (Fsp3) is 0.698. The van der Waals surface area contributed by atoms with E-state index in [0.29, 0.717) is 99.2 Å². The Morgan fingerprint density at radius 3 is 1.35 bits per heavy atom. The largest absolute Gasteiger partial charge is 0.497 e. The van der Waals surface area contributed by atoms with Crippen molar-refractivity contribution >= 4 is 35.4 Å². The molecule has 0 aromatic heterocycles. The molecule has 18 nitrogen and oxygen atoms in total. The summed E-state index contributed by atoms with van der Waals surface area (Å²) in [6.07, 6.45) is 5.38. The number of unbranched alkanes of at least 4 members (excludes halogenated alkanes) is 4. The van der Waals surface area contributed by atoms with Crippen LogP contribution in [-0.4, -0.2) is 148 Å². The van der Waals surface area contributed by atoms with Gasteiger partial charge in [0.25, 0.3) is 11.8 Å². The van der Waals surface area contributed by atoms with Gasteiger partial charge in [-0.3, -0.25) is 9.59 Å². The van der Waals surface area contributed by atoms with Crippen molar-refractivity contribution in [2.75, 3.05) is 63.5 Å². The zero-order valence-corrected chi connectivity index (χ0v) is 43.0. The van der Waals surface area contributed by atoms with Gasteiger partial charge in [-0.15, -0.1) is 0 Å². The van der Waals surface area contributed by atoms with Crippen molar-refractivity contribution in [2.45, 2.75) is 186 Å². The highest BCUT2D eigenvalue weighted by Crippen LogP contribution is 2.42. The molecule has 2 aromatic rings. The Hall–Kier alpha value is -4.72. The molecule has 4 unspecified atom stereocenters. The maximum absolute atomic E-state index is 14.4. The smallest absolute Gasteiger partial charge is 0.417 e. The van der Waals surface area contributed by atoms with Crippen LogP contribution in [-0.2, 0) is 37.9 Å². The van der Waals surface area contributed by atoms with Crippen LogP contribution >= 0.6 is 0 Å². The van der Waals surface area contributed by atoms with Crippen molar-refractivity contribution in [1.29, 1.82) is 0 Å². The maximum Gasteiger partial charge on any atom is 0.417 e. The summed E-state index contributed by atoms with van der Waals surface area (Å²) in [4.78, 5) is 63.9. The Bertz CT molecular complexity index is 2020. The molecular formula is C53H76N4O14. The maximum atomic E-state index is 14.4. The molecule has 0 saturated carbocycles. The summed E-state index contributed by atoms with van der Waals surface area (Å²) in [6.45, 7) is 13.7. The Morgan fingerprint density at radius 2 is 0.986 bits per heavy atom. The first-order valence-electron chi connectivity index (χ1n) is 25.8. The molecule has 71 heavy (non-hydrogen) atoms. The number of benzene rings is 2. The van der Waals surface area contributed by atoms with Crippen molar-refractivity contribution in [1.82, 2.24) is 9.80 Å². The highest BCUT2D eigenvalue weighted by atomic mass is 16.7. The average molecular weight is 993 g/mol. The second-order valence-corrected chi connectivity index (χ2v) is 21.3. The lowest BCUT2D eigenvalue weighted by Gasteiger charge is -2.40. The molecule has 6 aliphatic rings. The number of nitrogens with zero attached hydrogens (tertiary/aromatic N) is 4. The van der Waals surface area contributed by atoms with Crippen LogP contribution in [0.15, 0.2) is 36.4 Å². The van der Waals surface area contributed by atoms with Crippen LogP contribution in [0, 0.1) is 0 Å². The molecule has 0 bridgehead atoms. The monoisotopic (exact) mass is 993 g/mol. The van der Waals surface area contributed by atoms with Crippen molar-refractivity contribution in [3.63, 3.8) is 0 Å². The lowest BCUT2D eigenvalue weighted by Crippen LogP contribution is -2.58. The number of hydrogen-bond acceptors (Lipinski definition) is 14. The van der Waals surface area contributed by atoms with Crippen molar-refractivity contribution < 1.29 is 66.5 Å². The average Bonchev–Trinajstić information content (AvgIpc) is 3.92. The molecule has 0 spiro atoms. The Kier molecular flexibility index (Phi) is 17.0. The molecule has 0 N–H and O–H groups in total. The molecule has 0 aliphatic carbocycles. The topological polar surface area (TPSA) is 174 Å². The van der Waals surface area contributed by atoms with E-state index in [1.54, 1.807) is 60.4 Å². The van der Waals surface area contributed by atoms with Crippen molar-refractivity contribution in [2.24, 2.45) is 0 Å². The SMILES string of the molecule is COc1ccc2c(c1)C(=O)N1CCC(OCCCCCCCOC3CCN4C(=O)c5cc(OC)ccc5N(C(=O)OC(C)(C)C)[C@@H](OC5CCCCO5)[C@H]34)[C@H]1[C@H](OC1CCCCO1)N2C(=O)OC(C)(C)C. The number of fused-ring (bicyclic) bond motifs is 4. The zero-order chi connectivity index (χ0) is 50.5. The van der Waals surface area contributed by atoms with Gasteiger partial charge in [0.2, 0.25) is 0 Å². The van der Waals surface area contributed by atoms with Crippen LogP contribution in [0.2, 0.25) is 0 Å². The van der Waals surface area contributed by atoms with Crippen LogP contribution in [0.25, 0.3) is 0 Å². The number of carbonyl (C=O) groups excluding carboxylic acids is 4. The van der Waals surface area contributed by atoms with E-state index in [-0.39, 0.29) is 11.8 Å². The summed E-state index contributed by atoms with van der Waals surface area (Å²) in [7, 11) is 3.09. The van der Waals surface area contributed by atoms with Gasteiger partial charge >= 0.3 is 12.2 Å². The van der Waals surface area contributed by atoms with Gasteiger partial charge in [0.05, 0.1) is 48.9 Å². The lowest BCUT2D eigenvalue weighted by atomic mass is 10.1. The molecule has 2 aromatic carbocycles. The summed E-state index contributed by atoms with van der Waals surface area (Å²) in [6, 6.07) is 8.98. The highest BCUT2D eigenvalue weighted by molar-refractivity contribution is 6.06. The van der Waals surface area contributed by atoms with Crippen LogP contribution in [0.5, 0.6) is 11.5 Å². The molecule has 392 valence electrons. The van der Waals surface area contributed by atoms with E-state index < -0.39 is 72.7 Å².